The molecule has 1 aliphatic rings. The molecule has 3 rings (SSSR count). The van der Waals surface area contributed by atoms with Gasteiger partial charge in [0.15, 0.2) is 0 Å². The zero-order chi connectivity index (χ0) is 14.1. The van der Waals surface area contributed by atoms with Crippen LogP contribution < -0.4 is 16.4 Å². The zero-order valence-corrected chi connectivity index (χ0v) is 11.0. The summed E-state index contributed by atoms with van der Waals surface area (Å²) < 4.78 is 0. The van der Waals surface area contributed by atoms with Crippen LogP contribution in [-0.2, 0) is 13.0 Å². The number of hydrogen-bond donors (Lipinski definition) is 2. The molecule has 1 aromatic carbocycles. The van der Waals surface area contributed by atoms with Crippen molar-refractivity contribution >= 4 is 17.4 Å². The average Bonchev–Trinajstić information content (AvgIpc) is 2.47. The molecule has 1 aromatic heterocycles. The Morgan fingerprint density at radius 3 is 2.95 bits per heavy atom. The van der Waals surface area contributed by atoms with Crippen LogP contribution in [0, 0.1) is 0 Å². The van der Waals surface area contributed by atoms with Crippen LogP contribution in [0.1, 0.15) is 21.5 Å². The zero-order valence-electron chi connectivity index (χ0n) is 11.0. The quantitative estimate of drug-likeness (QED) is 0.804. The minimum absolute atomic E-state index is 0.439. The van der Waals surface area contributed by atoms with Gasteiger partial charge in [0, 0.05) is 30.5 Å². The van der Waals surface area contributed by atoms with Crippen molar-refractivity contribution in [2.45, 2.75) is 13.0 Å². The summed E-state index contributed by atoms with van der Waals surface area (Å²) in [5, 5.41) is 0. The topological polar surface area (TPSA) is 85.2 Å². The van der Waals surface area contributed by atoms with E-state index in [1.165, 1.54) is 5.56 Å². The Morgan fingerprint density at radius 2 is 2.15 bits per heavy atom. The normalized spacial score (nSPS) is 13.9. The average molecular weight is 268 g/mol. The fourth-order valence-corrected chi connectivity index (χ4v) is 2.55. The second-order valence-electron chi connectivity index (χ2n) is 4.92. The van der Waals surface area contributed by atoms with Crippen molar-refractivity contribution in [3.63, 3.8) is 0 Å². The van der Waals surface area contributed by atoms with Crippen LogP contribution in [0.15, 0.2) is 36.5 Å². The van der Waals surface area contributed by atoms with Crippen molar-refractivity contribution in [2.24, 2.45) is 5.73 Å². The third-order valence-electron chi connectivity index (χ3n) is 3.66. The van der Waals surface area contributed by atoms with Gasteiger partial charge in [-0.05, 0) is 35.7 Å². The molecule has 2 heterocycles. The lowest BCUT2D eigenvalue weighted by Gasteiger charge is -2.30. The van der Waals surface area contributed by atoms with E-state index in [0.29, 0.717) is 12.1 Å². The summed E-state index contributed by atoms with van der Waals surface area (Å²) in [7, 11) is 0. The van der Waals surface area contributed by atoms with Crippen LogP contribution in [0.2, 0.25) is 0 Å². The highest BCUT2D eigenvalue weighted by molar-refractivity contribution is 5.93. The summed E-state index contributed by atoms with van der Waals surface area (Å²) in [6.45, 7) is 1.56. The minimum atomic E-state index is -0.439. The maximum atomic E-state index is 11.2. The number of nitrogens with two attached hydrogens (primary N) is 2. The van der Waals surface area contributed by atoms with Crippen LogP contribution >= 0.6 is 0 Å². The number of fused-ring (bicyclic) bond motifs is 1. The summed E-state index contributed by atoms with van der Waals surface area (Å²) in [5.74, 6) is 0.320. The van der Waals surface area contributed by atoms with Gasteiger partial charge in [-0.2, -0.15) is 0 Å². The highest BCUT2D eigenvalue weighted by atomic mass is 16.1. The molecule has 1 amide bonds. The monoisotopic (exact) mass is 268 g/mol. The van der Waals surface area contributed by atoms with Gasteiger partial charge in [0.2, 0.25) is 5.91 Å². The van der Waals surface area contributed by atoms with Gasteiger partial charge < -0.3 is 16.4 Å². The predicted octanol–water partition coefficient (Wildman–Crippen LogP) is 1.33. The lowest BCUT2D eigenvalue weighted by atomic mass is 9.98. The highest BCUT2D eigenvalue weighted by Crippen LogP contribution is 2.27. The Kier molecular flexibility index (Phi) is 3.02. The first-order valence-electron chi connectivity index (χ1n) is 6.52. The van der Waals surface area contributed by atoms with Gasteiger partial charge in [-0.15, -0.1) is 0 Å². The predicted molar refractivity (Wildman–Crippen MR) is 78.4 cm³/mol. The number of carbonyl (C=O) groups is 1. The van der Waals surface area contributed by atoms with Gasteiger partial charge in [-0.25, -0.2) is 4.98 Å². The summed E-state index contributed by atoms with van der Waals surface area (Å²) >= 11 is 0. The van der Waals surface area contributed by atoms with Crippen molar-refractivity contribution in [3.05, 3.63) is 53.2 Å². The van der Waals surface area contributed by atoms with Crippen LogP contribution in [0.4, 0.5) is 11.5 Å². The second-order valence-corrected chi connectivity index (χ2v) is 4.92. The third kappa shape index (κ3) is 2.18. The highest BCUT2D eigenvalue weighted by Gasteiger charge is 2.19. The first kappa shape index (κ1) is 12.5. The van der Waals surface area contributed by atoms with E-state index in [0.717, 1.165) is 30.0 Å². The van der Waals surface area contributed by atoms with E-state index in [1.807, 2.05) is 12.1 Å². The number of hydrogen-bond acceptors (Lipinski definition) is 4. The number of benzene rings is 1. The number of amides is 1. The van der Waals surface area contributed by atoms with Crippen molar-refractivity contribution in [3.8, 4) is 0 Å². The number of carbonyl (C=O) groups excluding carboxylic acids is 1. The number of anilines is 2. The molecular weight excluding hydrogens is 252 g/mol. The molecule has 0 bridgehead atoms. The third-order valence-corrected chi connectivity index (χ3v) is 3.66. The summed E-state index contributed by atoms with van der Waals surface area (Å²) in [6, 6.07) is 9.35. The Balaban J connectivity index is 1.92. The molecule has 102 valence electrons. The molecule has 4 N–H and O–H groups in total. The van der Waals surface area contributed by atoms with Gasteiger partial charge >= 0.3 is 0 Å². The minimum Gasteiger partial charge on any atom is -0.398 e. The van der Waals surface area contributed by atoms with E-state index in [9.17, 15) is 4.79 Å². The van der Waals surface area contributed by atoms with E-state index in [4.69, 9.17) is 11.5 Å². The van der Waals surface area contributed by atoms with Gasteiger partial charge in [0.05, 0.1) is 0 Å². The van der Waals surface area contributed by atoms with Crippen LogP contribution in [-0.4, -0.2) is 17.4 Å². The molecule has 20 heavy (non-hydrogen) atoms. The fourth-order valence-electron chi connectivity index (χ4n) is 2.55. The molecule has 2 aromatic rings. The number of primary amides is 1. The van der Waals surface area contributed by atoms with Crippen molar-refractivity contribution in [1.82, 2.24) is 4.98 Å². The molecule has 0 fully saturated rings. The molecular formula is C15H16N4O. The van der Waals surface area contributed by atoms with E-state index in [2.05, 4.69) is 16.0 Å². The number of rotatable bonds is 2. The van der Waals surface area contributed by atoms with E-state index >= 15 is 0 Å². The van der Waals surface area contributed by atoms with E-state index in [-0.39, 0.29) is 0 Å². The van der Waals surface area contributed by atoms with Gasteiger partial charge in [-0.3, -0.25) is 4.79 Å². The number of pyridine rings is 1. The summed E-state index contributed by atoms with van der Waals surface area (Å²) in [5.41, 5.74) is 15.1. The van der Waals surface area contributed by atoms with Crippen LogP contribution in [0.5, 0.6) is 0 Å². The molecule has 5 nitrogen and oxygen atoms in total. The molecule has 1 aliphatic heterocycles. The number of aromatic nitrogens is 1. The molecule has 5 heteroatoms. The first-order chi connectivity index (χ1) is 9.65. The Bertz CT molecular complexity index is 669. The Labute approximate surface area is 117 Å². The summed E-state index contributed by atoms with van der Waals surface area (Å²) in [6.07, 6.45) is 2.53. The van der Waals surface area contributed by atoms with Gasteiger partial charge in [-0.1, -0.05) is 12.1 Å². The molecule has 0 saturated carbocycles. The molecule has 0 unspecified atom stereocenters. The maximum Gasteiger partial charge on any atom is 0.248 e. The molecule has 0 radical (unpaired) electrons. The molecule has 0 spiro atoms. The Hall–Kier alpha value is -2.56. The van der Waals surface area contributed by atoms with Gasteiger partial charge in [0.25, 0.3) is 0 Å². The largest absolute Gasteiger partial charge is 0.398 e. The van der Waals surface area contributed by atoms with Gasteiger partial charge in [0.1, 0.15) is 5.82 Å². The molecule has 0 saturated heterocycles. The fraction of sp³-hybridized carbons (Fsp3) is 0.200. The Morgan fingerprint density at radius 1 is 1.30 bits per heavy atom. The van der Waals surface area contributed by atoms with E-state index < -0.39 is 5.91 Å². The van der Waals surface area contributed by atoms with Crippen LogP contribution in [0.3, 0.4) is 0 Å². The lowest BCUT2D eigenvalue weighted by Crippen LogP contribution is -2.31. The smallest absolute Gasteiger partial charge is 0.248 e. The standard InChI is InChI=1S/C15H16N4O/c16-13-3-1-2-10-5-7-19(9-12(10)13)14-8-11(15(17)20)4-6-18-14/h1-4,6,8H,5,7,9,16H2,(H2,17,20). The van der Waals surface area contributed by atoms with E-state index in [1.54, 1.807) is 18.3 Å². The SMILES string of the molecule is NC(=O)c1ccnc(N2CCc3cccc(N)c3C2)c1. The van der Waals surface area contributed by atoms with Crippen molar-refractivity contribution < 1.29 is 4.79 Å². The molecule has 0 atom stereocenters. The second kappa shape index (κ2) is 4.85. The number of nitrogen functional groups attached to an aromatic ring is 1. The van der Waals surface area contributed by atoms with Crippen molar-refractivity contribution in [2.75, 3.05) is 17.2 Å². The lowest BCUT2D eigenvalue weighted by molar-refractivity contribution is 0.1000. The number of nitrogens with zero attached hydrogens (tertiary/aromatic N) is 2. The maximum absolute atomic E-state index is 11.2. The van der Waals surface area contributed by atoms with Crippen molar-refractivity contribution in [1.29, 1.82) is 0 Å². The molecule has 0 aliphatic carbocycles. The summed E-state index contributed by atoms with van der Waals surface area (Å²) in [4.78, 5) is 17.7. The van der Waals surface area contributed by atoms with Crippen LogP contribution in [0.25, 0.3) is 0 Å². The first-order valence-corrected chi connectivity index (χ1v) is 6.52.